The van der Waals surface area contributed by atoms with Crippen molar-refractivity contribution in [1.29, 1.82) is 0 Å². The Kier molecular flexibility index (Phi) is 5.36. The topological polar surface area (TPSA) is 105 Å². The van der Waals surface area contributed by atoms with Gasteiger partial charge in [0.05, 0.1) is 17.1 Å². The summed E-state index contributed by atoms with van der Waals surface area (Å²) in [7, 11) is -3.30. The van der Waals surface area contributed by atoms with Gasteiger partial charge in [0.1, 0.15) is 5.82 Å². The molecule has 140 valence electrons. The molecule has 0 fully saturated rings. The molecule has 0 bridgehead atoms. The van der Waals surface area contributed by atoms with Crippen LogP contribution >= 0.6 is 0 Å². The van der Waals surface area contributed by atoms with Crippen molar-refractivity contribution in [2.24, 2.45) is 0 Å². The van der Waals surface area contributed by atoms with Crippen LogP contribution in [0.3, 0.4) is 0 Å². The zero-order valence-electron chi connectivity index (χ0n) is 15.1. The minimum absolute atomic E-state index is 0.0240. The highest BCUT2D eigenvalue weighted by Gasteiger charge is 2.13. The van der Waals surface area contributed by atoms with Gasteiger partial charge < -0.3 is 5.32 Å². The van der Waals surface area contributed by atoms with Gasteiger partial charge in [-0.05, 0) is 36.8 Å². The molecule has 3 aromatic rings. The molecule has 1 aromatic heterocycles. The van der Waals surface area contributed by atoms with E-state index < -0.39 is 9.84 Å². The summed E-state index contributed by atoms with van der Waals surface area (Å²) in [6.45, 7) is 3.41. The molecule has 0 spiro atoms. The molecule has 0 aliphatic heterocycles. The number of nitrogens with zero attached hydrogens (tertiary/aromatic N) is 2. The van der Waals surface area contributed by atoms with Crippen LogP contribution in [0, 0.1) is 6.92 Å². The summed E-state index contributed by atoms with van der Waals surface area (Å²) in [5, 5.41) is 9.72. The van der Waals surface area contributed by atoms with Gasteiger partial charge >= 0.3 is 0 Å². The number of carbonyl (C=O) groups excluding carboxylic acids is 1. The molecule has 27 heavy (non-hydrogen) atoms. The summed E-state index contributed by atoms with van der Waals surface area (Å²) in [5.41, 5.74) is 2.05. The number of aromatic amines is 1. The van der Waals surface area contributed by atoms with Crippen LogP contribution in [-0.2, 0) is 21.1 Å². The molecular weight excluding hydrogens is 364 g/mol. The standard InChI is InChI=1S/C19H20N4O3S/c1-3-27(25,26)17-9-4-6-14(10-17)11-18(24)21-16-8-5-7-15(12-16)19-20-13(2)22-23-19/h4-10,12H,3,11H2,1-2H3,(H,21,24)(H,20,22,23). The van der Waals surface area contributed by atoms with Crippen molar-refractivity contribution >= 4 is 21.4 Å². The highest BCUT2D eigenvalue weighted by atomic mass is 32.2. The zero-order chi connectivity index (χ0) is 19.4. The number of aromatic nitrogens is 3. The third-order valence-electron chi connectivity index (χ3n) is 4.00. The summed E-state index contributed by atoms with van der Waals surface area (Å²) in [5.74, 6) is 1.06. The summed E-state index contributed by atoms with van der Waals surface area (Å²) in [4.78, 5) is 16.9. The first kappa shape index (κ1) is 18.8. The molecule has 0 unspecified atom stereocenters. The fourth-order valence-electron chi connectivity index (χ4n) is 2.61. The molecule has 8 heteroatoms. The molecule has 1 heterocycles. The van der Waals surface area contributed by atoms with Crippen LogP contribution < -0.4 is 5.32 Å². The van der Waals surface area contributed by atoms with E-state index in [0.717, 1.165) is 5.56 Å². The van der Waals surface area contributed by atoms with Crippen LogP contribution in [0.1, 0.15) is 18.3 Å². The SMILES string of the molecule is CCS(=O)(=O)c1cccc(CC(=O)Nc2cccc(-c3n[nH]c(C)n3)c2)c1. The summed E-state index contributed by atoms with van der Waals surface area (Å²) in [6.07, 6.45) is 0.0804. The zero-order valence-corrected chi connectivity index (χ0v) is 15.9. The molecule has 0 aliphatic rings. The van der Waals surface area contributed by atoms with E-state index >= 15 is 0 Å². The predicted octanol–water partition coefficient (Wildman–Crippen LogP) is 2.75. The molecule has 2 aromatic carbocycles. The van der Waals surface area contributed by atoms with Gasteiger partial charge in [-0.1, -0.05) is 31.2 Å². The normalized spacial score (nSPS) is 11.3. The van der Waals surface area contributed by atoms with Gasteiger partial charge in [-0.2, -0.15) is 5.10 Å². The quantitative estimate of drug-likeness (QED) is 0.680. The Morgan fingerprint density at radius 3 is 2.63 bits per heavy atom. The summed E-state index contributed by atoms with van der Waals surface area (Å²) in [6, 6.07) is 13.7. The van der Waals surface area contributed by atoms with Gasteiger partial charge in [0.25, 0.3) is 0 Å². The highest BCUT2D eigenvalue weighted by molar-refractivity contribution is 7.91. The largest absolute Gasteiger partial charge is 0.326 e. The van der Waals surface area contributed by atoms with E-state index in [1.165, 1.54) is 0 Å². The van der Waals surface area contributed by atoms with Gasteiger partial charge in [-0.25, -0.2) is 13.4 Å². The number of rotatable bonds is 6. The molecule has 0 saturated heterocycles. The Hall–Kier alpha value is -3.00. The number of anilines is 1. The van der Waals surface area contributed by atoms with Crippen molar-refractivity contribution < 1.29 is 13.2 Å². The van der Waals surface area contributed by atoms with E-state index in [4.69, 9.17) is 0 Å². The second-order valence-electron chi connectivity index (χ2n) is 6.10. The fraction of sp³-hybridized carbons (Fsp3) is 0.211. The second kappa shape index (κ2) is 7.71. The van der Waals surface area contributed by atoms with Crippen LogP contribution in [0.2, 0.25) is 0 Å². The lowest BCUT2D eigenvalue weighted by Gasteiger charge is -2.08. The lowest BCUT2D eigenvalue weighted by molar-refractivity contribution is -0.115. The van der Waals surface area contributed by atoms with E-state index in [1.807, 2.05) is 19.1 Å². The first-order chi connectivity index (χ1) is 12.9. The number of amides is 1. The van der Waals surface area contributed by atoms with Crippen molar-refractivity contribution in [3.63, 3.8) is 0 Å². The highest BCUT2D eigenvalue weighted by Crippen LogP contribution is 2.20. The number of H-pyrrole nitrogens is 1. The van der Waals surface area contributed by atoms with E-state index in [0.29, 0.717) is 22.9 Å². The average Bonchev–Trinajstić information content (AvgIpc) is 3.08. The monoisotopic (exact) mass is 384 g/mol. The molecule has 2 N–H and O–H groups in total. The molecule has 0 saturated carbocycles. The van der Waals surface area contributed by atoms with E-state index in [1.54, 1.807) is 43.3 Å². The van der Waals surface area contributed by atoms with Crippen molar-refractivity contribution in [3.05, 3.63) is 59.9 Å². The minimum Gasteiger partial charge on any atom is -0.326 e. The van der Waals surface area contributed by atoms with Crippen molar-refractivity contribution in [2.75, 3.05) is 11.1 Å². The lowest BCUT2D eigenvalue weighted by atomic mass is 10.1. The second-order valence-corrected chi connectivity index (χ2v) is 8.38. The van der Waals surface area contributed by atoms with Crippen molar-refractivity contribution in [3.8, 4) is 11.4 Å². The van der Waals surface area contributed by atoms with Crippen LogP contribution in [0.15, 0.2) is 53.4 Å². The Morgan fingerprint density at radius 2 is 1.93 bits per heavy atom. The van der Waals surface area contributed by atoms with E-state index in [2.05, 4.69) is 20.5 Å². The smallest absolute Gasteiger partial charge is 0.228 e. The van der Waals surface area contributed by atoms with Gasteiger partial charge in [-0.15, -0.1) is 0 Å². The van der Waals surface area contributed by atoms with E-state index in [9.17, 15) is 13.2 Å². The third-order valence-corrected chi connectivity index (χ3v) is 5.74. The van der Waals surface area contributed by atoms with Gasteiger partial charge in [0.15, 0.2) is 15.7 Å². The number of benzene rings is 2. The van der Waals surface area contributed by atoms with Gasteiger partial charge in [0.2, 0.25) is 5.91 Å². The Bertz CT molecular complexity index is 1070. The predicted molar refractivity (Wildman–Crippen MR) is 103 cm³/mol. The van der Waals surface area contributed by atoms with Gasteiger partial charge in [-0.3, -0.25) is 9.89 Å². The summed E-state index contributed by atoms with van der Waals surface area (Å²) < 4.78 is 24.0. The van der Waals surface area contributed by atoms with Crippen LogP contribution in [0.5, 0.6) is 0 Å². The Labute approximate surface area is 157 Å². The van der Waals surface area contributed by atoms with Crippen molar-refractivity contribution in [2.45, 2.75) is 25.2 Å². The molecule has 3 rings (SSSR count). The maximum absolute atomic E-state index is 12.4. The summed E-state index contributed by atoms with van der Waals surface area (Å²) >= 11 is 0. The van der Waals surface area contributed by atoms with Crippen LogP contribution in [0.25, 0.3) is 11.4 Å². The van der Waals surface area contributed by atoms with Crippen LogP contribution in [-0.4, -0.2) is 35.3 Å². The molecular formula is C19H20N4O3S. The number of sulfone groups is 1. The first-order valence-electron chi connectivity index (χ1n) is 8.48. The minimum atomic E-state index is -3.30. The van der Waals surface area contributed by atoms with Gasteiger partial charge in [0, 0.05) is 11.3 Å². The average molecular weight is 384 g/mol. The molecule has 0 radical (unpaired) electrons. The van der Waals surface area contributed by atoms with Crippen molar-refractivity contribution in [1.82, 2.24) is 15.2 Å². The fourth-order valence-corrected chi connectivity index (χ4v) is 3.56. The Morgan fingerprint density at radius 1 is 1.15 bits per heavy atom. The number of hydrogen-bond donors (Lipinski definition) is 2. The maximum atomic E-state index is 12.4. The number of carbonyl (C=O) groups is 1. The molecule has 0 aliphatic carbocycles. The molecule has 7 nitrogen and oxygen atoms in total. The number of nitrogens with one attached hydrogen (secondary N) is 2. The molecule has 1 amide bonds. The number of hydrogen-bond acceptors (Lipinski definition) is 5. The third kappa shape index (κ3) is 4.59. The van der Waals surface area contributed by atoms with Crippen LogP contribution in [0.4, 0.5) is 5.69 Å². The lowest BCUT2D eigenvalue weighted by Crippen LogP contribution is -2.15. The maximum Gasteiger partial charge on any atom is 0.228 e. The van der Waals surface area contributed by atoms with E-state index in [-0.39, 0.29) is 23.0 Å². The molecule has 0 atom stereocenters. The number of aryl methyl sites for hydroxylation is 1. The Balaban J connectivity index is 1.72. The first-order valence-corrected chi connectivity index (χ1v) is 10.1.